The van der Waals surface area contributed by atoms with Crippen LogP contribution < -0.4 is 5.73 Å². The minimum atomic E-state index is 1.38. The zero-order valence-electron chi connectivity index (χ0n) is 6.81. The molecule has 0 aromatic carbocycles. The molecule has 0 amide bonds. The van der Waals surface area contributed by atoms with E-state index in [2.05, 4.69) is 19.9 Å². The lowest BCUT2D eigenvalue weighted by atomic mass is 10.3. The summed E-state index contributed by atoms with van der Waals surface area (Å²) in [7, 11) is 0. The Morgan fingerprint density at radius 1 is 1.22 bits per heavy atom. The van der Waals surface area contributed by atoms with E-state index in [1.54, 1.807) is 6.08 Å². The second kappa shape index (κ2) is 10.3. The van der Waals surface area contributed by atoms with E-state index in [1.165, 1.54) is 11.8 Å². The fourth-order valence-electron chi connectivity index (χ4n) is 0. The molecule has 0 bridgehead atoms. The minimum Gasteiger partial charge on any atom is -0.405 e. The molecule has 0 fully saturated rings. The maximum atomic E-state index is 4.85. The average Bonchev–Trinajstić information content (AvgIpc) is 1.89. The smallest absolute Gasteiger partial charge is 0.0106 e. The standard InChI is InChI=1S/C5H10.C3H7N/c1-4-5(2)3;1-2-3-4/h4H,1-3H3;2-3H,4H2,1H3/b;3-2-. The normalized spacial score (nSPS) is 8.00. The first-order chi connectivity index (χ1) is 4.18. The average molecular weight is 127 g/mol. The lowest BCUT2D eigenvalue weighted by Gasteiger charge is -1.74. The molecule has 0 heterocycles. The predicted octanol–water partition coefficient (Wildman–Crippen LogP) is 2.45. The van der Waals surface area contributed by atoms with Crippen LogP contribution in [0.25, 0.3) is 0 Å². The molecule has 1 nitrogen and oxygen atoms in total. The lowest BCUT2D eigenvalue weighted by Crippen LogP contribution is -1.70. The van der Waals surface area contributed by atoms with Gasteiger partial charge in [-0.1, -0.05) is 17.7 Å². The van der Waals surface area contributed by atoms with Gasteiger partial charge in [0.15, 0.2) is 0 Å². The number of rotatable bonds is 0. The molecule has 54 valence electrons. The Hall–Kier alpha value is -0.720. The van der Waals surface area contributed by atoms with Crippen molar-refractivity contribution in [3.05, 3.63) is 23.9 Å². The summed E-state index contributed by atoms with van der Waals surface area (Å²) in [5.74, 6) is 0. The first-order valence-corrected chi connectivity index (χ1v) is 3.11. The second-order valence-electron chi connectivity index (χ2n) is 1.89. The topological polar surface area (TPSA) is 26.0 Å². The van der Waals surface area contributed by atoms with Crippen LogP contribution in [0.15, 0.2) is 23.9 Å². The SMILES string of the molecule is C/C=C\N.CC=C(C)C. The number of nitrogens with two attached hydrogens (primary N) is 1. The second-order valence-corrected chi connectivity index (χ2v) is 1.89. The molecule has 9 heavy (non-hydrogen) atoms. The molecule has 0 unspecified atom stereocenters. The Balaban J connectivity index is 0. The molecule has 0 saturated carbocycles. The maximum Gasteiger partial charge on any atom is -0.0106 e. The highest BCUT2D eigenvalue weighted by molar-refractivity contribution is 4.88. The monoisotopic (exact) mass is 127 g/mol. The van der Waals surface area contributed by atoms with Crippen LogP contribution in [0.3, 0.4) is 0 Å². The number of allylic oxidation sites excluding steroid dienone is 3. The molecule has 0 atom stereocenters. The van der Waals surface area contributed by atoms with Gasteiger partial charge in [0, 0.05) is 0 Å². The highest BCUT2D eigenvalue weighted by Crippen LogP contribution is 1.82. The molecule has 0 aliphatic heterocycles. The van der Waals surface area contributed by atoms with E-state index in [-0.39, 0.29) is 0 Å². The Kier molecular flexibility index (Phi) is 12.7. The summed E-state index contributed by atoms with van der Waals surface area (Å²) < 4.78 is 0. The van der Waals surface area contributed by atoms with Crippen molar-refractivity contribution in [3.63, 3.8) is 0 Å². The summed E-state index contributed by atoms with van der Waals surface area (Å²) in [6.07, 6.45) is 5.36. The van der Waals surface area contributed by atoms with Gasteiger partial charge < -0.3 is 5.73 Å². The number of hydrogen-bond donors (Lipinski definition) is 1. The highest BCUT2D eigenvalue weighted by atomic mass is 14.5. The molecular weight excluding hydrogens is 110 g/mol. The van der Waals surface area contributed by atoms with E-state index in [0.717, 1.165) is 0 Å². The number of hydrogen-bond acceptors (Lipinski definition) is 1. The molecule has 1 heteroatoms. The molecule has 0 aromatic rings. The minimum absolute atomic E-state index is 1.38. The molecule has 0 saturated heterocycles. The Labute approximate surface area is 58.3 Å². The van der Waals surface area contributed by atoms with E-state index in [4.69, 9.17) is 5.73 Å². The van der Waals surface area contributed by atoms with Crippen molar-refractivity contribution in [2.24, 2.45) is 5.73 Å². The molecule has 0 spiro atoms. The summed E-state index contributed by atoms with van der Waals surface area (Å²) in [5, 5.41) is 0. The van der Waals surface area contributed by atoms with Gasteiger partial charge in [0.05, 0.1) is 0 Å². The van der Waals surface area contributed by atoms with Crippen molar-refractivity contribution < 1.29 is 0 Å². The van der Waals surface area contributed by atoms with Gasteiger partial charge in [-0.15, -0.1) is 0 Å². The van der Waals surface area contributed by atoms with Crippen LogP contribution >= 0.6 is 0 Å². The highest BCUT2D eigenvalue weighted by Gasteiger charge is 1.60. The molecular formula is C8H17N. The van der Waals surface area contributed by atoms with E-state index in [1.807, 2.05) is 13.8 Å². The van der Waals surface area contributed by atoms with Crippen molar-refractivity contribution in [3.8, 4) is 0 Å². The van der Waals surface area contributed by atoms with Crippen molar-refractivity contribution in [2.75, 3.05) is 0 Å². The maximum absolute atomic E-state index is 4.85. The van der Waals surface area contributed by atoms with Crippen molar-refractivity contribution in [2.45, 2.75) is 27.7 Å². The molecule has 0 aliphatic carbocycles. The molecule has 0 rings (SSSR count). The van der Waals surface area contributed by atoms with Crippen LogP contribution in [0, 0.1) is 0 Å². The third-order valence-electron chi connectivity index (χ3n) is 0.770. The summed E-state index contributed by atoms with van der Waals surface area (Å²) in [4.78, 5) is 0. The van der Waals surface area contributed by atoms with Crippen LogP contribution in [0.4, 0.5) is 0 Å². The fourth-order valence-corrected chi connectivity index (χ4v) is 0. The largest absolute Gasteiger partial charge is 0.405 e. The van der Waals surface area contributed by atoms with Gasteiger partial charge >= 0.3 is 0 Å². The van der Waals surface area contributed by atoms with Crippen LogP contribution in [-0.2, 0) is 0 Å². The van der Waals surface area contributed by atoms with Gasteiger partial charge in [-0.2, -0.15) is 0 Å². The van der Waals surface area contributed by atoms with Gasteiger partial charge in [0.25, 0.3) is 0 Å². The zero-order chi connectivity index (χ0) is 7.70. The van der Waals surface area contributed by atoms with Gasteiger partial charge in [-0.05, 0) is 33.9 Å². The molecule has 0 aliphatic rings. The third kappa shape index (κ3) is 39.0. The van der Waals surface area contributed by atoms with Gasteiger partial charge in [0.2, 0.25) is 0 Å². The quantitative estimate of drug-likeness (QED) is 0.497. The summed E-state index contributed by atoms with van der Waals surface area (Å²) >= 11 is 0. The van der Waals surface area contributed by atoms with Crippen molar-refractivity contribution in [1.82, 2.24) is 0 Å². The lowest BCUT2D eigenvalue weighted by molar-refractivity contribution is 1.36. The molecule has 2 N–H and O–H groups in total. The van der Waals surface area contributed by atoms with E-state index in [0.29, 0.717) is 0 Å². The first kappa shape index (κ1) is 11.1. The summed E-state index contributed by atoms with van der Waals surface area (Å²) in [6, 6.07) is 0. The summed E-state index contributed by atoms with van der Waals surface area (Å²) in [6.45, 7) is 8.08. The first-order valence-electron chi connectivity index (χ1n) is 3.11. The molecule has 0 radical (unpaired) electrons. The Bertz CT molecular complexity index is 82.7. The van der Waals surface area contributed by atoms with Crippen LogP contribution in [0.5, 0.6) is 0 Å². The van der Waals surface area contributed by atoms with E-state index < -0.39 is 0 Å². The third-order valence-corrected chi connectivity index (χ3v) is 0.770. The predicted molar refractivity (Wildman–Crippen MR) is 44.1 cm³/mol. The fraction of sp³-hybridized carbons (Fsp3) is 0.500. The van der Waals surface area contributed by atoms with Gasteiger partial charge in [-0.3, -0.25) is 0 Å². The Morgan fingerprint density at radius 2 is 1.44 bits per heavy atom. The van der Waals surface area contributed by atoms with Crippen molar-refractivity contribution in [1.29, 1.82) is 0 Å². The summed E-state index contributed by atoms with van der Waals surface area (Å²) in [5.41, 5.74) is 6.23. The van der Waals surface area contributed by atoms with Crippen LogP contribution in [0.1, 0.15) is 27.7 Å². The van der Waals surface area contributed by atoms with E-state index in [9.17, 15) is 0 Å². The van der Waals surface area contributed by atoms with Crippen LogP contribution in [-0.4, -0.2) is 0 Å². The molecule has 0 aromatic heterocycles. The van der Waals surface area contributed by atoms with Gasteiger partial charge in [-0.25, -0.2) is 0 Å². The van der Waals surface area contributed by atoms with Gasteiger partial charge in [0.1, 0.15) is 0 Å². The van der Waals surface area contributed by atoms with E-state index >= 15 is 0 Å². The van der Waals surface area contributed by atoms with Crippen molar-refractivity contribution >= 4 is 0 Å². The zero-order valence-corrected chi connectivity index (χ0v) is 6.81. The van der Waals surface area contributed by atoms with Crippen LogP contribution in [0.2, 0.25) is 0 Å². The Morgan fingerprint density at radius 3 is 1.44 bits per heavy atom.